The Labute approximate surface area is 853 Å². The van der Waals surface area contributed by atoms with E-state index < -0.39 is 0 Å². The third-order valence-electron chi connectivity index (χ3n) is 27.9. The van der Waals surface area contributed by atoms with Gasteiger partial charge in [-0.05, 0) is 248 Å². The monoisotopic (exact) mass is 1880 g/mol. The highest BCUT2D eigenvalue weighted by Crippen LogP contribution is 2.51. The van der Waals surface area contributed by atoms with Gasteiger partial charge >= 0.3 is 0 Å². The average Bonchev–Trinajstić information content (AvgIpc) is 1.61. The lowest BCUT2D eigenvalue weighted by Gasteiger charge is -2.15. The van der Waals surface area contributed by atoms with E-state index in [4.69, 9.17) is 49.8 Å². The van der Waals surface area contributed by atoms with Gasteiger partial charge in [-0.1, -0.05) is 419 Å². The van der Waals surface area contributed by atoms with Gasteiger partial charge in [-0.2, -0.15) is 0 Å². The quantitative estimate of drug-likeness (QED) is 0.0810. The van der Waals surface area contributed by atoms with E-state index in [1.165, 1.54) is 117 Å². The van der Waals surface area contributed by atoms with Gasteiger partial charge < -0.3 is 0 Å². The molecule has 0 aliphatic heterocycles. The molecule has 147 heavy (non-hydrogen) atoms. The van der Waals surface area contributed by atoms with Crippen molar-refractivity contribution in [1.82, 2.24) is 54.8 Å². The number of benzene rings is 19. The first-order chi connectivity index (χ1) is 72.8. The molecule has 0 saturated carbocycles. The molecule has 0 unspecified atom stereocenters. The molecule has 0 radical (unpaired) electrons. The Morgan fingerprint density at radius 3 is 0.741 bits per heavy atom. The zero-order valence-corrected chi connectivity index (χ0v) is 80.1. The van der Waals surface area contributed by atoms with Crippen molar-refractivity contribution in [1.29, 1.82) is 0 Å². The zero-order valence-electron chi connectivity index (χ0n) is 80.1. The van der Waals surface area contributed by atoms with Crippen molar-refractivity contribution < 1.29 is 0 Å². The van der Waals surface area contributed by atoms with Crippen LogP contribution in [-0.4, -0.2) is 54.8 Å². The first kappa shape index (κ1) is 88.9. The van der Waals surface area contributed by atoms with Crippen LogP contribution in [0.25, 0.3) is 236 Å². The van der Waals surface area contributed by atoms with Crippen LogP contribution >= 0.6 is 0 Å². The van der Waals surface area contributed by atoms with Crippen LogP contribution in [0, 0.1) is 0 Å². The van der Waals surface area contributed by atoms with Crippen molar-refractivity contribution in [2.24, 2.45) is 0 Å². The van der Waals surface area contributed by atoms with Crippen LogP contribution in [0.3, 0.4) is 0 Å². The molecule has 19 aromatic carbocycles. The molecule has 0 saturated heterocycles. The van der Waals surface area contributed by atoms with Gasteiger partial charge in [-0.15, -0.1) is 0 Å². The van der Waals surface area contributed by atoms with Crippen LogP contribution in [0.5, 0.6) is 0 Å². The van der Waals surface area contributed by atoms with Gasteiger partial charge in [0.1, 0.15) is 0 Å². The van der Waals surface area contributed by atoms with Crippen LogP contribution in [0.15, 0.2) is 516 Å². The molecule has 24 aromatic rings. The highest BCUT2D eigenvalue weighted by molar-refractivity contribution is 5.95. The molecule has 0 N–H and O–H groups in total. The summed E-state index contributed by atoms with van der Waals surface area (Å²) in [5.41, 5.74) is 45.3. The summed E-state index contributed by atoms with van der Waals surface area (Å²) < 4.78 is 0. The van der Waals surface area contributed by atoms with Crippen molar-refractivity contribution in [3.8, 4) is 236 Å². The minimum absolute atomic E-state index is 0.619. The Bertz CT molecular complexity index is 8480. The number of hydrogen-bond acceptors (Lipinski definition) is 11. The predicted molar refractivity (Wildman–Crippen MR) is 598 cm³/mol. The third kappa shape index (κ3) is 18.3. The van der Waals surface area contributed by atoms with Crippen molar-refractivity contribution in [2.75, 3.05) is 0 Å². The topological polar surface area (TPSA) is 142 Å². The first-order valence-corrected chi connectivity index (χ1v) is 49.7. The summed E-state index contributed by atoms with van der Waals surface area (Å²) in [5, 5.41) is 0. The lowest BCUT2D eigenvalue weighted by molar-refractivity contribution is 1.07. The van der Waals surface area contributed by atoms with Crippen LogP contribution in [-0.2, 0) is 19.3 Å². The number of hydrogen-bond donors (Lipinski definition) is 0. The molecule has 0 atom stereocenters. The Morgan fingerprint density at radius 2 is 0.367 bits per heavy atom. The van der Waals surface area contributed by atoms with Gasteiger partial charge in [0.25, 0.3) is 0 Å². The van der Waals surface area contributed by atoms with Crippen molar-refractivity contribution in [2.45, 2.75) is 19.3 Å². The second-order valence-electron chi connectivity index (χ2n) is 37.0. The smallest absolute Gasteiger partial charge is 0.164 e. The Morgan fingerprint density at radius 1 is 0.129 bits per heavy atom. The Balaban J connectivity index is 0.000000115. The second kappa shape index (κ2) is 39.9. The van der Waals surface area contributed by atoms with Crippen molar-refractivity contribution in [3.05, 3.63) is 549 Å². The molecule has 3 aliphatic carbocycles. The van der Waals surface area contributed by atoms with Gasteiger partial charge in [-0.3, -0.25) is 9.97 Å². The largest absolute Gasteiger partial charge is 0.264 e. The van der Waals surface area contributed by atoms with Crippen LogP contribution < -0.4 is 0 Å². The highest BCUT2D eigenvalue weighted by atomic mass is 15.1. The van der Waals surface area contributed by atoms with Gasteiger partial charge in [0.2, 0.25) is 0 Å². The molecule has 0 bridgehead atoms. The minimum atomic E-state index is 0.619. The summed E-state index contributed by atoms with van der Waals surface area (Å²) in [6, 6.07) is 174. The van der Waals surface area contributed by atoms with Crippen LogP contribution in [0.4, 0.5) is 0 Å². The molecule has 5 aromatic heterocycles. The van der Waals surface area contributed by atoms with Crippen molar-refractivity contribution >= 4 is 0 Å². The molecule has 0 spiro atoms. The van der Waals surface area contributed by atoms with E-state index in [9.17, 15) is 0 Å². The average molecular weight is 1880 g/mol. The summed E-state index contributed by atoms with van der Waals surface area (Å²) >= 11 is 0. The fourth-order valence-corrected chi connectivity index (χ4v) is 20.8. The minimum Gasteiger partial charge on any atom is -0.264 e. The highest BCUT2D eigenvalue weighted by Gasteiger charge is 2.30. The molecule has 11 heteroatoms. The molecule has 0 fully saturated rings. The fraction of sp³-hybridized carbons (Fsp3) is 0.0221. The molecule has 5 heterocycles. The maximum absolute atomic E-state index is 5.09. The first-order valence-electron chi connectivity index (χ1n) is 49.7. The van der Waals surface area contributed by atoms with Crippen LogP contribution in [0.2, 0.25) is 0 Å². The van der Waals surface area contributed by atoms with E-state index in [-0.39, 0.29) is 0 Å². The number of pyridine rings is 2. The molecular weight excluding hydrogens is 1790 g/mol. The Hall–Kier alpha value is -19.5. The van der Waals surface area contributed by atoms with Gasteiger partial charge in [0.05, 0.1) is 5.69 Å². The van der Waals surface area contributed by atoms with E-state index in [1.807, 2.05) is 219 Å². The van der Waals surface area contributed by atoms with E-state index >= 15 is 0 Å². The Kier molecular flexibility index (Phi) is 24.1. The van der Waals surface area contributed by atoms with E-state index in [2.05, 4.69) is 302 Å². The number of rotatable bonds is 18. The maximum Gasteiger partial charge on any atom is 0.164 e. The fourth-order valence-electron chi connectivity index (χ4n) is 20.8. The summed E-state index contributed by atoms with van der Waals surface area (Å²) in [6.45, 7) is 0. The summed E-state index contributed by atoms with van der Waals surface area (Å²) in [7, 11) is 0. The van der Waals surface area contributed by atoms with E-state index in [0.717, 1.165) is 120 Å². The number of fused-ring (bicyclic) bond motifs is 9. The molecule has 0 amide bonds. The summed E-state index contributed by atoms with van der Waals surface area (Å²) in [6.07, 6.45) is 8.27. The van der Waals surface area contributed by atoms with Gasteiger partial charge in [0.15, 0.2) is 52.4 Å². The van der Waals surface area contributed by atoms with Gasteiger partial charge in [0, 0.05) is 79.8 Å². The molecule has 690 valence electrons. The SMILES string of the molecule is c1ccc(-c2cc(-c3cccc(-c4nc(-c5ccccc5)nc(-c5ccccc5)n4)c3)cc(-c3cccc4c3Cc3ccccc3-4)c2)cc1.c1ccc(-c2cc(-c3nc(-c4ccccc4)nc(-c4ccccc4)n3)cc(-c3cccc4c3Cc3c(-c5cccnc5)cccc3-4)c2)cc1.c1ccc(-c2nc(-c3ccccc3)nc(-c3cc(-c4ccccn4)cc(-c4cccc5c4Cc4c(-c6ccccc6)cccc4-5)c3)n2)cc1. The van der Waals surface area contributed by atoms with E-state index in [1.54, 1.807) is 0 Å². The standard InChI is InChI=1S/C46H31N3.2C45H30N4/c1-4-14-31(15-5-1)37-27-38(29-39(28-37)41-24-13-25-42-40-23-11-10-20-35(40)30-43(41)42)34-21-12-22-36(26-34)46-48-44(32-16-6-2-7-17-32)47-45(49-46)33-18-8-3-9-19-33;1-4-13-30(14-5-1)34-25-35(38-21-11-23-40-39-22-10-20-37(41(39)28-42(38)40)33-19-12-24-46-29-33)27-36(26-34)45-48-43(31-15-6-2-7-16-31)47-44(49-45)32-17-8-3-9-18-32;1-4-14-30(15-5-1)36-20-12-22-38-39-23-13-21-37(41(39)29-40(36)38)33-26-34(42-24-10-11-25-46-42)28-35(27-33)45-48-43(31-16-6-2-7-17-31)47-44(49-45)32-18-8-3-9-19-32/h1-29H,30H2;1-27,29H,28H2;1-28H,29H2. The van der Waals surface area contributed by atoms with Gasteiger partial charge in [-0.25, -0.2) is 44.9 Å². The lowest BCUT2D eigenvalue weighted by atomic mass is 9.90. The van der Waals surface area contributed by atoms with Crippen molar-refractivity contribution in [3.63, 3.8) is 0 Å². The molecule has 11 nitrogen and oxygen atoms in total. The number of aromatic nitrogens is 11. The lowest BCUT2D eigenvalue weighted by Crippen LogP contribution is -2.01. The summed E-state index contributed by atoms with van der Waals surface area (Å²) in [5.74, 6) is 5.79. The maximum atomic E-state index is 5.09. The normalized spacial score (nSPS) is 11.6. The predicted octanol–water partition coefficient (Wildman–Crippen LogP) is 33.1. The zero-order chi connectivity index (χ0) is 97.7. The summed E-state index contributed by atoms with van der Waals surface area (Å²) in [4.78, 5) is 54.3. The molecule has 27 rings (SSSR count). The van der Waals surface area contributed by atoms with Crippen LogP contribution in [0.1, 0.15) is 33.4 Å². The molecule has 3 aliphatic rings. The third-order valence-corrected chi connectivity index (χ3v) is 27.9. The second-order valence-corrected chi connectivity index (χ2v) is 37.0. The number of nitrogens with zero attached hydrogens (tertiary/aromatic N) is 11. The molecular formula is C136H91N11. The van der Waals surface area contributed by atoms with E-state index in [0.29, 0.717) is 52.4 Å².